The fourth-order valence-electron chi connectivity index (χ4n) is 3.70. The smallest absolute Gasteiger partial charge is 0.319 e. The maximum absolute atomic E-state index is 12.4. The second kappa shape index (κ2) is 9.80. The average molecular weight is 391 g/mol. The lowest BCUT2D eigenvalue weighted by molar-refractivity contribution is -0.142. The number of hydrogen-bond acceptors (Lipinski definition) is 4. The minimum Gasteiger partial charge on any atom is -0.465 e. The lowest BCUT2D eigenvalue weighted by atomic mass is 9.96. The highest BCUT2D eigenvalue weighted by Crippen LogP contribution is 2.39. The normalized spacial score (nSPS) is 15.0. The molecule has 1 aromatic carbocycles. The first-order valence-corrected chi connectivity index (χ1v) is 11.8. The molecule has 2 nitrogen and oxygen atoms in total. The van der Waals surface area contributed by atoms with Crippen LogP contribution in [0, 0.1) is 0 Å². The zero-order valence-electron chi connectivity index (χ0n) is 16.0. The summed E-state index contributed by atoms with van der Waals surface area (Å²) >= 11 is 3.64. The van der Waals surface area contributed by atoms with Crippen LogP contribution in [0.4, 0.5) is 0 Å². The van der Waals surface area contributed by atoms with Gasteiger partial charge >= 0.3 is 5.97 Å². The first kappa shape index (κ1) is 19.8. The Morgan fingerprint density at radius 1 is 1.19 bits per heavy atom. The first-order valence-electron chi connectivity index (χ1n) is 10.1. The molecule has 26 heavy (non-hydrogen) atoms. The predicted molar refractivity (Wildman–Crippen MR) is 114 cm³/mol. The fourth-order valence-corrected chi connectivity index (χ4v) is 6.22. The van der Waals surface area contributed by atoms with Gasteiger partial charge in [0.25, 0.3) is 0 Å². The van der Waals surface area contributed by atoms with Gasteiger partial charge < -0.3 is 4.74 Å². The Kier molecular flexibility index (Phi) is 7.44. The van der Waals surface area contributed by atoms with Gasteiger partial charge in [0.05, 0.1) is 6.61 Å². The molecule has 1 aliphatic rings. The van der Waals surface area contributed by atoms with Crippen molar-refractivity contribution >= 4 is 39.2 Å². The summed E-state index contributed by atoms with van der Waals surface area (Å²) in [6, 6.07) is 6.77. The molecule has 1 heterocycles. The Bertz CT molecular complexity index is 735. The van der Waals surface area contributed by atoms with Crippen molar-refractivity contribution in [1.29, 1.82) is 0 Å². The van der Waals surface area contributed by atoms with Crippen molar-refractivity contribution in [2.45, 2.75) is 81.8 Å². The van der Waals surface area contributed by atoms with Crippen LogP contribution in [0.15, 0.2) is 23.1 Å². The molecular weight excluding hydrogens is 360 g/mol. The quantitative estimate of drug-likeness (QED) is 0.268. The number of benzene rings is 1. The average Bonchev–Trinajstić information content (AvgIpc) is 3.02. The first-order chi connectivity index (χ1) is 12.7. The second-order valence-electron chi connectivity index (χ2n) is 7.08. The maximum Gasteiger partial charge on any atom is 0.319 e. The third-order valence-electron chi connectivity index (χ3n) is 5.08. The number of esters is 1. The molecule has 0 fully saturated rings. The maximum atomic E-state index is 12.4. The van der Waals surface area contributed by atoms with E-state index in [1.807, 2.05) is 18.3 Å². The minimum atomic E-state index is -0.0844. The molecule has 0 N–H and O–H groups in total. The van der Waals surface area contributed by atoms with Gasteiger partial charge in [0.1, 0.15) is 5.25 Å². The highest BCUT2D eigenvalue weighted by Gasteiger charge is 2.22. The van der Waals surface area contributed by atoms with Gasteiger partial charge in [-0.2, -0.15) is 0 Å². The van der Waals surface area contributed by atoms with Crippen LogP contribution in [0.25, 0.3) is 10.1 Å². The van der Waals surface area contributed by atoms with Crippen molar-refractivity contribution in [2.24, 2.45) is 0 Å². The van der Waals surface area contributed by atoms with Crippen molar-refractivity contribution < 1.29 is 9.53 Å². The third kappa shape index (κ3) is 4.83. The SMILES string of the molecule is CCCCCCC(Sc1ccc2c3c(sc2c1)CCCC3)C(=O)OCC. The molecule has 0 radical (unpaired) electrons. The number of thiophene rings is 1. The number of unbranched alkanes of at least 4 members (excludes halogenated alkanes) is 3. The molecule has 1 atom stereocenters. The van der Waals surface area contributed by atoms with Crippen LogP contribution in [-0.4, -0.2) is 17.8 Å². The van der Waals surface area contributed by atoms with E-state index in [1.54, 1.807) is 22.2 Å². The molecule has 0 amide bonds. The zero-order chi connectivity index (χ0) is 18.4. The van der Waals surface area contributed by atoms with E-state index < -0.39 is 0 Å². The van der Waals surface area contributed by atoms with Gasteiger partial charge in [-0.25, -0.2) is 0 Å². The molecular formula is C22H30O2S2. The Labute approximate surface area is 165 Å². The van der Waals surface area contributed by atoms with Gasteiger partial charge in [-0.15, -0.1) is 23.1 Å². The Morgan fingerprint density at radius 3 is 2.85 bits per heavy atom. The number of rotatable bonds is 9. The van der Waals surface area contributed by atoms with Crippen LogP contribution in [0.2, 0.25) is 0 Å². The molecule has 0 saturated heterocycles. The number of ether oxygens (including phenoxy) is 1. The van der Waals surface area contributed by atoms with E-state index in [9.17, 15) is 4.79 Å². The number of carbonyl (C=O) groups excluding carboxylic acids is 1. The predicted octanol–water partition coefficient (Wildman–Crippen LogP) is 6.77. The number of aryl methyl sites for hydroxylation is 2. The van der Waals surface area contributed by atoms with Crippen LogP contribution in [-0.2, 0) is 22.4 Å². The minimum absolute atomic E-state index is 0.0560. The van der Waals surface area contributed by atoms with Gasteiger partial charge in [0.2, 0.25) is 0 Å². The van der Waals surface area contributed by atoms with E-state index >= 15 is 0 Å². The molecule has 2 aromatic rings. The molecule has 0 saturated carbocycles. The summed E-state index contributed by atoms with van der Waals surface area (Å²) in [6.45, 7) is 4.56. The van der Waals surface area contributed by atoms with Crippen LogP contribution in [0.3, 0.4) is 0 Å². The van der Waals surface area contributed by atoms with Crippen molar-refractivity contribution in [3.63, 3.8) is 0 Å². The summed E-state index contributed by atoms with van der Waals surface area (Å²) in [7, 11) is 0. The van der Waals surface area contributed by atoms with Crippen LogP contribution in [0.1, 0.15) is 69.2 Å². The molecule has 0 spiro atoms. The molecule has 0 bridgehead atoms. The van der Waals surface area contributed by atoms with Gasteiger partial charge in [-0.1, -0.05) is 38.7 Å². The summed E-state index contributed by atoms with van der Waals surface area (Å²) in [6.07, 6.45) is 10.8. The summed E-state index contributed by atoms with van der Waals surface area (Å²) < 4.78 is 6.71. The number of fused-ring (bicyclic) bond motifs is 3. The Hall–Kier alpha value is -1.00. The molecule has 1 aromatic heterocycles. The standard InChI is InChI=1S/C22H30O2S2/c1-3-5-6-7-12-20(22(23)24-4-2)25-16-13-14-18-17-10-8-9-11-19(17)26-21(18)15-16/h13-15,20H,3-12H2,1-2H3. The Balaban J connectivity index is 1.73. The van der Waals surface area contributed by atoms with Crippen molar-refractivity contribution in [1.82, 2.24) is 0 Å². The fraction of sp³-hybridized carbons (Fsp3) is 0.591. The topological polar surface area (TPSA) is 26.3 Å². The van der Waals surface area contributed by atoms with Crippen molar-refractivity contribution in [3.8, 4) is 0 Å². The molecule has 0 aliphatic heterocycles. The number of thioether (sulfide) groups is 1. The summed E-state index contributed by atoms with van der Waals surface area (Å²) in [5.74, 6) is -0.0560. The molecule has 4 heteroatoms. The number of hydrogen-bond donors (Lipinski definition) is 0. The van der Waals surface area contributed by atoms with Gasteiger partial charge in [0, 0.05) is 14.5 Å². The molecule has 142 valence electrons. The van der Waals surface area contributed by atoms with E-state index in [0.717, 1.165) is 12.8 Å². The van der Waals surface area contributed by atoms with E-state index in [0.29, 0.717) is 6.61 Å². The number of carbonyl (C=O) groups is 1. The van der Waals surface area contributed by atoms with E-state index in [1.165, 1.54) is 59.9 Å². The lowest BCUT2D eigenvalue weighted by Gasteiger charge is -2.15. The van der Waals surface area contributed by atoms with Gasteiger partial charge in [0.15, 0.2) is 0 Å². The van der Waals surface area contributed by atoms with Gasteiger partial charge in [-0.3, -0.25) is 4.79 Å². The van der Waals surface area contributed by atoms with E-state index in [-0.39, 0.29) is 11.2 Å². The van der Waals surface area contributed by atoms with E-state index in [4.69, 9.17) is 4.74 Å². The van der Waals surface area contributed by atoms with Gasteiger partial charge in [-0.05, 0) is 62.1 Å². The summed E-state index contributed by atoms with van der Waals surface area (Å²) in [5, 5.41) is 1.35. The van der Waals surface area contributed by atoms with Crippen LogP contribution < -0.4 is 0 Å². The van der Waals surface area contributed by atoms with Crippen LogP contribution in [0.5, 0.6) is 0 Å². The summed E-state index contributed by atoms with van der Waals surface area (Å²) in [5.41, 5.74) is 1.58. The highest BCUT2D eigenvalue weighted by molar-refractivity contribution is 8.00. The lowest BCUT2D eigenvalue weighted by Crippen LogP contribution is -2.20. The van der Waals surface area contributed by atoms with E-state index in [2.05, 4.69) is 25.1 Å². The van der Waals surface area contributed by atoms with Crippen LogP contribution >= 0.6 is 23.1 Å². The van der Waals surface area contributed by atoms with Crippen molar-refractivity contribution in [2.75, 3.05) is 6.61 Å². The highest BCUT2D eigenvalue weighted by atomic mass is 32.2. The zero-order valence-corrected chi connectivity index (χ0v) is 17.6. The molecule has 1 unspecified atom stereocenters. The molecule has 3 rings (SSSR count). The van der Waals surface area contributed by atoms with Crippen molar-refractivity contribution in [3.05, 3.63) is 28.6 Å². The summed E-state index contributed by atoms with van der Waals surface area (Å²) in [4.78, 5) is 15.2. The Morgan fingerprint density at radius 2 is 2.04 bits per heavy atom. The second-order valence-corrected chi connectivity index (χ2v) is 9.49. The monoisotopic (exact) mass is 390 g/mol. The molecule has 1 aliphatic carbocycles. The largest absolute Gasteiger partial charge is 0.465 e. The third-order valence-corrected chi connectivity index (χ3v) is 7.57.